The van der Waals surface area contributed by atoms with E-state index >= 15 is 0 Å². The average Bonchev–Trinajstić information content (AvgIpc) is 3.20. The van der Waals surface area contributed by atoms with Gasteiger partial charge in [-0.2, -0.15) is 5.10 Å². The lowest BCUT2D eigenvalue weighted by Crippen LogP contribution is -2.27. The Hall–Kier alpha value is -0.920. The quantitative estimate of drug-likeness (QED) is 0.740. The van der Waals surface area contributed by atoms with Gasteiger partial charge in [0.1, 0.15) is 4.47 Å². The summed E-state index contributed by atoms with van der Waals surface area (Å²) in [5, 5.41) is 16.4. The molecular formula is C13H20BrN3O3. The normalized spacial score (nSPS) is 16.1. The molecule has 1 fully saturated rings. The highest BCUT2D eigenvalue weighted by molar-refractivity contribution is 9.10. The molecule has 0 atom stereocenters. The maximum absolute atomic E-state index is 12.1. The highest BCUT2D eigenvalue weighted by Crippen LogP contribution is 2.48. The third kappa shape index (κ3) is 3.59. The minimum Gasteiger partial charge on any atom is -0.396 e. The number of halogens is 1. The molecule has 2 rings (SSSR count). The highest BCUT2D eigenvalue weighted by atomic mass is 79.9. The average molecular weight is 346 g/mol. The van der Waals surface area contributed by atoms with E-state index in [4.69, 9.17) is 9.84 Å². The Bertz CT molecular complexity index is 514. The Morgan fingerprint density at radius 2 is 2.35 bits per heavy atom. The zero-order valence-corrected chi connectivity index (χ0v) is 13.1. The van der Waals surface area contributed by atoms with Gasteiger partial charge in [0.05, 0.1) is 25.0 Å². The predicted molar refractivity (Wildman–Crippen MR) is 79.9 cm³/mol. The van der Waals surface area contributed by atoms with Crippen LogP contribution in [-0.2, 0) is 11.3 Å². The van der Waals surface area contributed by atoms with Gasteiger partial charge in [-0.05, 0) is 40.6 Å². The Kier molecular flexibility index (Phi) is 5.17. The van der Waals surface area contributed by atoms with E-state index in [1.165, 1.54) is 4.68 Å². The molecule has 0 unspecified atom stereocenters. The van der Waals surface area contributed by atoms with Gasteiger partial charge in [-0.15, -0.1) is 0 Å². The Labute approximate surface area is 126 Å². The lowest BCUT2D eigenvalue weighted by molar-refractivity contribution is 0.181. The van der Waals surface area contributed by atoms with Gasteiger partial charge in [0, 0.05) is 20.3 Å². The molecule has 0 amide bonds. The molecule has 1 aliphatic rings. The van der Waals surface area contributed by atoms with Crippen LogP contribution in [0.2, 0.25) is 0 Å². The van der Waals surface area contributed by atoms with Gasteiger partial charge < -0.3 is 15.2 Å². The van der Waals surface area contributed by atoms with Crippen LogP contribution in [0.25, 0.3) is 0 Å². The molecule has 0 aliphatic heterocycles. The van der Waals surface area contributed by atoms with Crippen molar-refractivity contribution >= 4 is 21.6 Å². The second-order valence-corrected chi connectivity index (χ2v) is 6.01. The molecule has 6 nitrogen and oxygen atoms in total. The van der Waals surface area contributed by atoms with Crippen molar-refractivity contribution in [3.63, 3.8) is 0 Å². The third-order valence-electron chi connectivity index (χ3n) is 3.75. The number of anilines is 1. The maximum atomic E-state index is 12.1. The number of hydrogen-bond acceptors (Lipinski definition) is 5. The van der Waals surface area contributed by atoms with E-state index in [1.807, 2.05) is 0 Å². The fourth-order valence-electron chi connectivity index (χ4n) is 2.14. The fourth-order valence-corrected chi connectivity index (χ4v) is 2.58. The molecule has 1 saturated carbocycles. The zero-order chi connectivity index (χ0) is 14.6. The molecule has 2 N–H and O–H groups in total. The summed E-state index contributed by atoms with van der Waals surface area (Å²) < 4.78 is 6.81. The largest absolute Gasteiger partial charge is 0.396 e. The van der Waals surface area contributed by atoms with Crippen molar-refractivity contribution < 1.29 is 9.84 Å². The molecule has 1 aromatic rings. The second-order valence-electron chi connectivity index (χ2n) is 5.22. The van der Waals surface area contributed by atoms with E-state index in [0.29, 0.717) is 23.3 Å². The van der Waals surface area contributed by atoms with Crippen molar-refractivity contribution in [2.24, 2.45) is 5.41 Å². The molecule has 7 heteroatoms. The minimum absolute atomic E-state index is 0.168. The highest BCUT2D eigenvalue weighted by Gasteiger charge is 2.41. The summed E-state index contributed by atoms with van der Waals surface area (Å²) in [5.41, 5.74) is 0.728. The van der Waals surface area contributed by atoms with Gasteiger partial charge >= 0.3 is 0 Å². The van der Waals surface area contributed by atoms with E-state index in [-0.39, 0.29) is 17.6 Å². The summed E-state index contributed by atoms with van der Waals surface area (Å²) in [6, 6.07) is 0. The van der Waals surface area contributed by atoms with Gasteiger partial charge in [0.25, 0.3) is 5.56 Å². The number of nitrogens with zero attached hydrogens (tertiary/aromatic N) is 2. The van der Waals surface area contributed by atoms with Crippen LogP contribution in [-0.4, -0.2) is 41.8 Å². The smallest absolute Gasteiger partial charge is 0.283 e. The van der Waals surface area contributed by atoms with Gasteiger partial charge in [0.15, 0.2) is 0 Å². The van der Waals surface area contributed by atoms with Crippen LogP contribution in [0, 0.1) is 5.41 Å². The zero-order valence-electron chi connectivity index (χ0n) is 11.6. The molecule has 0 radical (unpaired) electrons. The molecule has 1 aliphatic carbocycles. The monoisotopic (exact) mass is 345 g/mol. The Morgan fingerprint density at radius 3 is 2.95 bits per heavy atom. The summed E-state index contributed by atoms with van der Waals surface area (Å²) in [6.45, 7) is 1.85. The molecule has 0 bridgehead atoms. The number of nitrogens with one attached hydrogen (secondary N) is 1. The van der Waals surface area contributed by atoms with E-state index in [2.05, 4.69) is 26.3 Å². The summed E-state index contributed by atoms with van der Waals surface area (Å²) in [5.74, 6) is 0. The van der Waals surface area contributed by atoms with Crippen molar-refractivity contribution in [1.82, 2.24) is 9.78 Å². The molecule has 0 aromatic carbocycles. The van der Waals surface area contributed by atoms with E-state index in [9.17, 15) is 4.79 Å². The van der Waals surface area contributed by atoms with Crippen LogP contribution >= 0.6 is 15.9 Å². The predicted octanol–water partition coefficient (Wildman–Crippen LogP) is 1.23. The number of aromatic nitrogens is 2. The molecule has 1 heterocycles. The minimum atomic E-state index is -0.168. The van der Waals surface area contributed by atoms with Crippen molar-refractivity contribution in [2.75, 3.05) is 32.2 Å². The first-order valence-electron chi connectivity index (χ1n) is 6.71. The van der Waals surface area contributed by atoms with Crippen molar-refractivity contribution in [2.45, 2.75) is 25.8 Å². The number of methoxy groups -OCH3 is 1. The van der Waals surface area contributed by atoms with Crippen molar-refractivity contribution in [1.29, 1.82) is 0 Å². The standard InChI is InChI=1S/C13H20BrN3O3/c1-20-7-5-17-12(19)11(14)10(8-16-17)15-9-13(2-3-13)4-6-18/h8,15,18H,2-7,9H2,1H3. The van der Waals surface area contributed by atoms with Crippen LogP contribution < -0.4 is 10.9 Å². The number of rotatable bonds is 8. The summed E-state index contributed by atoms with van der Waals surface area (Å²) in [6.07, 6.45) is 4.69. The first-order valence-corrected chi connectivity index (χ1v) is 7.50. The van der Waals surface area contributed by atoms with Crippen LogP contribution in [0.1, 0.15) is 19.3 Å². The summed E-state index contributed by atoms with van der Waals surface area (Å²) >= 11 is 3.32. The lowest BCUT2D eigenvalue weighted by atomic mass is 10.0. The van der Waals surface area contributed by atoms with E-state index in [0.717, 1.165) is 25.8 Å². The molecule has 112 valence electrons. The SMILES string of the molecule is COCCn1ncc(NCC2(CCO)CC2)c(Br)c1=O. The molecule has 0 saturated heterocycles. The van der Waals surface area contributed by atoms with Gasteiger partial charge in [0.2, 0.25) is 0 Å². The number of ether oxygens (including phenoxy) is 1. The molecule has 20 heavy (non-hydrogen) atoms. The molecule has 0 spiro atoms. The Morgan fingerprint density at radius 1 is 1.60 bits per heavy atom. The van der Waals surface area contributed by atoms with Crippen molar-refractivity contribution in [3.8, 4) is 0 Å². The summed E-state index contributed by atoms with van der Waals surface area (Å²) in [7, 11) is 1.59. The van der Waals surface area contributed by atoms with Crippen molar-refractivity contribution in [3.05, 3.63) is 21.0 Å². The van der Waals surface area contributed by atoms with Crippen LogP contribution in [0.15, 0.2) is 15.5 Å². The van der Waals surface area contributed by atoms with Crippen LogP contribution in [0.4, 0.5) is 5.69 Å². The topological polar surface area (TPSA) is 76.4 Å². The first kappa shape index (κ1) is 15.5. The second kappa shape index (κ2) is 6.69. The van der Waals surface area contributed by atoms with Crippen LogP contribution in [0.5, 0.6) is 0 Å². The first-order chi connectivity index (χ1) is 9.62. The third-order valence-corrected chi connectivity index (χ3v) is 4.51. The van der Waals surface area contributed by atoms with Crippen LogP contribution in [0.3, 0.4) is 0 Å². The number of hydrogen-bond donors (Lipinski definition) is 2. The van der Waals surface area contributed by atoms with Gasteiger partial charge in [-0.1, -0.05) is 0 Å². The lowest BCUT2D eigenvalue weighted by Gasteiger charge is -2.16. The fraction of sp³-hybridized carbons (Fsp3) is 0.692. The van der Waals surface area contributed by atoms with E-state index in [1.54, 1.807) is 13.3 Å². The van der Waals surface area contributed by atoms with E-state index < -0.39 is 0 Å². The van der Waals surface area contributed by atoms with Gasteiger partial charge in [-0.3, -0.25) is 4.79 Å². The molecule has 1 aromatic heterocycles. The Balaban J connectivity index is 2.02. The van der Waals surface area contributed by atoms with Gasteiger partial charge in [-0.25, -0.2) is 4.68 Å². The summed E-state index contributed by atoms with van der Waals surface area (Å²) in [4.78, 5) is 12.1. The molecular weight excluding hydrogens is 326 g/mol. The number of aliphatic hydroxyl groups excluding tert-OH is 1. The number of aliphatic hydroxyl groups is 1. The maximum Gasteiger partial charge on any atom is 0.283 e.